The van der Waals surface area contributed by atoms with Crippen LogP contribution in [0.2, 0.25) is 0 Å². The second-order valence-electron chi connectivity index (χ2n) is 5.72. The average molecular weight is 395 g/mol. The molecule has 4 N–H and O–H groups in total. The molecular weight excluding hydrogens is 378 g/mol. The fraction of sp³-hybridized carbons (Fsp3) is 0.0526. The van der Waals surface area contributed by atoms with Crippen LogP contribution in [0.5, 0.6) is 11.6 Å². The Morgan fingerprint density at radius 2 is 1.83 bits per heavy atom. The summed E-state index contributed by atoms with van der Waals surface area (Å²) in [6.45, 7) is 0. The number of carbonyl (C=O) groups is 1. The molecule has 0 unspecified atom stereocenters. The van der Waals surface area contributed by atoms with Gasteiger partial charge in [0.2, 0.25) is 5.88 Å². The van der Waals surface area contributed by atoms with E-state index in [0.29, 0.717) is 17.1 Å². The predicted molar refractivity (Wildman–Crippen MR) is 107 cm³/mol. The van der Waals surface area contributed by atoms with Gasteiger partial charge in [-0.15, -0.1) is 0 Å². The van der Waals surface area contributed by atoms with E-state index in [9.17, 15) is 19.5 Å². The molecule has 1 aromatic heterocycles. The van der Waals surface area contributed by atoms with Crippen LogP contribution in [0.25, 0.3) is 5.69 Å². The van der Waals surface area contributed by atoms with Crippen molar-refractivity contribution in [3.63, 3.8) is 0 Å². The number of H-pyrrole nitrogens is 1. The van der Waals surface area contributed by atoms with Crippen LogP contribution in [-0.4, -0.2) is 34.0 Å². The van der Waals surface area contributed by atoms with E-state index in [-0.39, 0.29) is 5.56 Å². The largest absolute Gasteiger partial charge is 0.497 e. The Bertz CT molecular complexity index is 1150. The number of hydrogen-bond acceptors (Lipinski definition) is 6. The highest BCUT2D eigenvalue weighted by Crippen LogP contribution is 2.18. The van der Waals surface area contributed by atoms with E-state index in [1.807, 2.05) is 0 Å². The number of ether oxygens (including phenoxy) is 1. The molecule has 0 saturated carbocycles. The Morgan fingerprint density at radius 3 is 2.48 bits per heavy atom. The molecule has 10 nitrogen and oxygen atoms in total. The Morgan fingerprint density at radius 1 is 1.14 bits per heavy atom. The lowest BCUT2D eigenvalue weighted by Gasteiger charge is -2.10. The van der Waals surface area contributed by atoms with Crippen LogP contribution in [0.3, 0.4) is 0 Å². The molecule has 0 atom stereocenters. The number of aromatic nitrogens is 2. The third-order valence-corrected chi connectivity index (χ3v) is 3.84. The maximum Gasteiger partial charge on any atom is 0.339 e. The number of hydrogen-bond donors (Lipinski definition) is 4. The van der Waals surface area contributed by atoms with Crippen LogP contribution in [-0.2, 0) is 0 Å². The maximum atomic E-state index is 12.1. The van der Waals surface area contributed by atoms with Crippen LogP contribution in [0.15, 0.2) is 69.3 Å². The number of benzene rings is 2. The number of hydrazone groups is 1. The first-order valence-corrected chi connectivity index (χ1v) is 8.37. The monoisotopic (exact) mass is 395 g/mol. The summed E-state index contributed by atoms with van der Waals surface area (Å²) in [5, 5.41) is 16.6. The number of aromatic hydroxyl groups is 1. The summed E-state index contributed by atoms with van der Waals surface area (Å²) in [7, 11) is 1.49. The first-order chi connectivity index (χ1) is 14.0. The van der Waals surface area contributed by atoms with Gasteiger partial charge in [-0.2, -0.15) is 5.10 Å². The van der Waals surface area contributed by atoms with Gasteiger partial charge in [-0.1, -0.05) is 18.2 Å². The number of nitrogens with one attached hydrogen (secondary N) is 3. The maximum absolute atomic E-state index is 12.1. The Hall–Kier alpha value is -4.34. The summed E-state index contributed by atoms with van der Waals surface area (Å²) in [5.41, 5.74) is 1.03. The summed E-state index contributed by atoms with van der Waals surface area (Å²) in [4.78, 5) is 38.1. The van der Waals surface area contributed by atoms with Crippen LogP contribution in [0.1, 0.15) is 5.56 Å². The molecule has 0 radical (unpaired) electrons. The van der Waals surface area contributed by atoms with Gasteiger partial charge in [0.15, 0.2) is 0 Å². The van der Waals surface area contributed by atoms with E-state index in [4.69, 9.17) is 4.74 Å². The van der Waals surface area contributed by atoms with Crippen molar-refractivity contribution >= 4 is 17.9 Å². The van der Waals surface area contributed by atoms with Gasteiger partial charge >= 0.3 is 11.7 Å². The van der Waals surface area contributed by atoms with E-state index >= 15 is 0 Å². The van der Waals surface area contributed by atoms with Crippen LogP contribution < -0.4 is 26.7 Å². The molecule has 0 aliphatic carbocycles. The Labute approximate surface area is 164 Å². The lowest BCUT2D eigenvalue weighted by Crippen LogP contribution is -2.32. The first kappa shape index (κ1) is 19.4. The third kappa shape index (κ3) is 4.50. The van der Waals surface area contributed by atoms with Crippen molar-refractivity contribution in [3.05, 3.63) is 81.0 Å². The highest BCUT2D eigenvalue weighted by atomic mass is 16.5. The van der Waals surface area contributed by atoms with Crippen LogP contribution in [0.4, 0.5) is 10.5 Å². The molecule has 0 spiro atoms. The molecule has 3 rings (SSSR count). The zero-order valence-electron chi connectivity index (χ0n) is 15.2. The minimum absolute atomic E-state index is 0.300. The second kappa shape index (κ2) is 8.57. The highest BCUT2D eigenvalue weighted by molar-refractivity contribution is 5.90. The topological polar surface area (TPSA) is 138 Å². The number of anilines is 1. The summed E-state index contributed by atoms with van der Waals surface area (Å²) < 4.78 is 5.95. The molecule has 2 aromatic carbocycles. The minimum atomic E-state index is -0.855. The van der Waals surface area contributed by atoms with Gasteiger partial charge in [0.1, 0.15) is 11.3 Å². The van der Waals surface area contributed by atoms with Gasteiger partial charge in [0.05, 0.1) is 19.0 Å². The van der Waals surface area contributed by atoms with Crippen molar-refractivity contribution in [1.29, 1.82) is 0 Å². The van der Waals surface area contributed by atoms with Gasteiger partial charge in [-0.25, -0.2) is 19.6 Å². The van der Waals surface area contributed by atoms with Crippen molar-refractivity contribution in [1.82, 2.24) is 15.0 Å². The lowest BCUT2D eigenvalue weighted by molar-refractivity contribution is 0.252. The highest BCUT2D eigenvalue weighted by Gasteiger charge is 2.14. The van der Waals surface area contributed by atoms with E-state index in [1.165, 1.54) is 19.2 Å². The third-order valence-electron chi connectivity index (χ3n) is 3.84. The van der Waals surface area contributed by atoms with E-state index < -0.39 is 23.2 Å². The van der Waals surface area contributed by atoms with E-state index in [2.05, 4.69) is 20.8 Å². The molecule has 10 heteroatoms. The molecule has 29 heavy (non-hydrogen) atoms. The number of rotatable bonds is 5. The molecule has 0 saturated heterocycles. The summed E-state index contributed by atoms with van der Waals surface area (Å²) in [6.07, 6.45) is 0.943. The number of amides is 2. The standard InChI is InChI=1S/C19H17N5O5/c1-29-14-9-7-13(8-10-14)24-17(26)15(16(25)22-19(24)28)11-20-23-18(27)21-12-5-3-2-4-6-12/h2-11,26H,1H3,(H2,21,23,27)(H,22,25,28). The van der Waals surface area contributed by atoms with Crippen molar-refractivity contribution in [2.75, 3.05) is 12.4 Å². The summed E-state index contributed by atoms with van der Waals surface area (Å²) in [5.74, 6) is -0.0703. The minimum Gasteiger partial charge on any atom is -0.497 e. The van der Waals surface area contributed by atoms with Crippen molar-refractivity contribution in [3.8, 4) is 17.3 Å². The summed E-state index contributed by atoms with van der Waals surface area (Å²) in [6, 6.07) is 14.3. The fourth-order valence-electron chi connectivity index (χ4n) is 2.46. The predicted octanol–water partition coefficient (Wildman–Crippen LogP) is 1.40. The molecule has 2 amide bonds. The van der Waals surface area contributed by atoms with Gasteiger partial charge < -0.3 is 15.2 Å². The molecule has 1 heterocycles. The van der Waals surface area contributed by atoms with E-state index in [1.54, 1.807) is 42.5 Å². The van der Waals surface area contributed by atoms with Gasteiger partial charge in [0, 0.05) is 5.69 Å². The lowest BCUT2D eigenvalue weighted by atomic mass is 10.2. The van der Waals surface area contributed by atoms with Crippen molar-refractivity contribution in [2.45, 2.75) is 0 Å². The molecule has 0 bridgehead atoms. The molecule has 0 aliphatic heterocycles. The fourth-order valence-corrected chi connectivity index (χ4v) is 2.46. The van der Waals surface area contributed by atoms with Gasteiger partial charge in [-0.3, -0.25) is 9.78 Å². The number of nitrogens with zero attached hydrogens (tertiary/aromatic N) is 2. The quantitative estimate of drug-likeness (QED) is 0.382. The number of para-hydroxylation sites is 1. The number of methoxy groups -OCH3 is 1. The molecular formula is C19H17N5O5. The zero-order chi connectivity index (χ0) is 20.8. The summed E-state index contributed by atoms with van der Waals surface area (Å²) >= 11 is 0. The number of urea groups is 1. The zero-order valence-corrected chi connectivity index (χ0v) is 15.2. The van der Waals surface area contributed by atoms with Gasteiger partial charge in [0.25, 0.3) is 5.56 Å². The number of carbonyl (C=O) groups excluding carboxylic acids is 1. The van der Waals surface area contributed by atoms with Crippen LogP contribution >= 0.6 is 0 Å². The molecule has 0 aliphatic rings. The van der Waals surface area contributed by atoms with E-state index in [0.717, 1.165) is 10.8 Å². The van der Waals surface area contributed by atoms with Crippen molar-refractivity contribution < 1.29 is 14.6 Å². The molecule has 0 fully saturated rings. The SMILES string of the molecule is COc1ccc(-n2c(O)c(C=NNC(=O)Nc3ccccc3)c(=O)[nH]c2=O)cc1. The van der Waals surface area contributed by atoms with Crippen LogP contribution in [0, 0.1) is 0 Å². The normalized spacial score (nSPS) is 10.7. The molecule has 3 aromatic rings. The second-order valence-corrected chi connectivity index (χ2v) is 5.72. The smallest absolute Gasteiger partial charge is 0.339 e. The number of aromatic amines is 1. The van der Waals surface area contributed by atoms with Crippen molar-refractivity contribution in [2.24, 2.45) is 5.10 Å². The van der Waals surface area contributed by atoms with Gasteiger partial charge in [-0.05, 0) is 36.4 Å². The first-order valence-electron chi connectivity index (χ1n) is 8.37. The Balaban J connectivity index is 1.83. The average Bonchev–Trinajstić information content (AvgIpc) is 2.71. The Kier molecular flexibility index (Phi) is 5.74. The molecule has 148 valence electrons.